The Morgan fingerprint density at radius 3 is 2.86 bits per heavy atom. The Kier molecular flexibility index (Phi) is 2.58. The average molecular weight is 213 g/mol. The number of hydrogen-bond acceptors (Lipinski definition) is 1. The summed E-state index contributed by atoms with van der Waals surface area (Å²) in [5.41, 5.74) is 8.59. The van der Waals surface area contributed by atoms with Gasteiger partial charge in [0, 0.05) is 18.3 Å². The van der Waals surface area contributed by atoms with Crippen molar-refractivity contribution in [3.63, 3.8) is 0 Å². The van der Waals surface area contributed by atoms with E-state index in [1.807, 2.05) is 0 Å². The van der Waals surface area contributed by atoms with Crippen molar-refractivity contribution in [2.24, 2.45) is 5.73 Å². The first-order chi connectivity index (χ1) is 6.61. The highest BCUT2D eigenvalue weighted by atomic mass is 35.5. The Morgan fingerprint density at radius 2 is 2.29 bits per heavy atom. The Hall–Kier alpha value is -0.470. The number of halogens is 1. The van der Waals surface area contributed by atoms with Crippen LogP contribution in [0.25, 0.3) is 0 Å². The van der Waals surface area contributed by atoms with Crippen molar-refractivity contribution in [3.8, 4) is 0 Å². The molecule has 1 aromatic rings. The van der Waals surface area contributed by atoms with E-state index in [0.717, 1.165) is 24.4 Å². The molecule has 0 radical (unpaired) electrons. The fraction of sp³-hybridized carbons (Fsp3) is 0.636. The van der Waals surface area contributed by atoms with E-state index in [9.17, 15) is 0 Å². The molecule has 2 rings (SSSR count). The molecule has 0 bridgehead atoms. The molecule has 0 aromatic carbocycles. The first-order valence-electron chi connectivity index (χ1n) is 5.26. The van der Waals surface area contributed by atoms with Gasteiger partial charge in [0.1, 0.15) is 5.15 Å². The normalized spacial score (nSPS) is 21.4. The monoisotopic (exact) mass is 212 g/mol. The van der Waals surface area contributed by atoms with Crippen molar-refractivity contribution in [3.05, 3.63) is 22.5 Å². The van der Waals surface area contributed by atoms with Crippen molar-refractivity contribution >= 4 is 11.6 Å². The van der Waals surface area contributed by atoms with E-state index in [0.29, 0.717) is 6.04 Å². The quantitative estimate of drug-likeness (QED) is 0.762. The van der Waals surface area contributed by atoms with Crippen LogP contribution in [0.3, 0.4) is 0 Å². The van der Waals surface area contributed by atoms with Gasteiger partial charge in [0.2, 0.25) is 0 Å². The van der Waals surface area contributed by atoms with Crippen molar-refractivity contribution < 1.29 is 0 Å². The van der Waals surface area contributed by atoms with Gasteiger partial charge in [-0.15, -0.1) is 0 Å². The maximum atomic E-state index is 6.31. The number of nitrogens with two attached hydrogens (primary N) is 1. The van der Waals surface area contributed by atoms with Gasteiger partial charge in [-0.25, -0.2) is 0 Å². The first-order valence-corrected chi connectivity index (χ1v) is 5.63. The molecule has 1 atom stereocenters. The van der Waals surface area contributed by atoms with Gasteiger partial charge in [-0.05, 0) is 44.2 Å². The average Bonchev–Trinajstić information content (AvgIpc) is 2.46. The van der Waals surface area contributed by atoms with Gasteiger partial charge < -0.3 is 10.3 Å². The molecule has 0 saturated carbocycles. The highest BCUT2D eigenvalue weighted by molar-refractivity contribution is 6.30. The summed E-state index contributed by atoms with van der Waals surface area (Å²) in [5, 5.41) is 0.894. The first kappa shape index (κ1) is 10.1. The third kappa shape index (κ3) is 1.47. The van der Waals surface area contributed by atoms with Gasteiger partial charge in [-0.3, -0.25) is 0 Å². The highest BCUT2D eigenvalue weighted by Gasteiger charge is 2.23. The van der Waals surface area contributed by atoms with Crippen LogP contribution in [0.15, 0.2) is 6.20 Å². The minimum Gasteiger partial charge on any atom is -0.336 e. The van der Waals surface area contributed by atoms with Crippen LogP contribution in [-0.4, -0.2) is 4.57 Å². The second-order valence-corrected chi connectivity index (χ2v) is 4.71. The summed E-state index contributed by atoms with van der Waals surface area (Å²) in [7, 11) is 0. The summed E-state index contributed by atoms with van der Waals surface area (Å²) in [5.74, 6) is 0. The number of fused-ring (bicyclic) bond motifs is 1. The zero-order valence-corrected chi connectivity index (χ0v) is 9.51. The molecule has 1 heterocycles. The summed E-state index contributed by atoms with van der Waals surface area (Å²) in [4.78, 5) is 0. The predicted molar refractivity (Wildman–Crippen MR) is 59.7 cm³/mol. The highest BCUT2D eigenvalue weighted by Crippen LogP contribution is 2.35. The molecule has 78 valence electrons. The zero-order chi connectivity index (χ0) is 10.3. The van der Waals surface area contributed by atoms with E-state index in [4.69, 9.17) is 17.3 Å². The number of hydrogen-bond donors (Lipinski definition) is 1. The molecule has 0 spiro atoms. The van der Waals surface area contributed by atoms with Crippen LogP contribution >= 0.6 is 11.6 Å². The van der Waals surface area contributed by atoms with Gasteiger partial charge in [0.25, 0.3) is 0 Å². The lowest BCUT2D eigenvalue weighted by Crippen LogP contribution is -2.15. The maximum Gasteiger partial charge on any atom is 0.112 e. The molecule has 0 amide bonds. The van der Waals surface area contributed by atoms with Crippen molar-refractivity contribution in [2.45, 2.75) is 45.2 Å². The molecule has 2 nitrogen and oxygen atoms in total. The molecule has 3 heteroatoms. The standard InChI is InChI=1S/C11H17ClN2/c1-7(2)14-6-9-8(11(14)12)4-3-5-10(9)13/h6-7,10H,3-5,13H2,1-2H3. The Balaban J connectivity index is 2.49. The third-order valence-corrected chi connectivity index (χ3v) is 3.42. The second kappa shape index (κ2) is 3.59. The summed E-state index contributed by atoms with van der Waals surface area (Å²) < 4.78 is 2.12. The molecule has 0 aliphatic heterocycles. The molecular weight excluding hydrogens is 196 g/mol. The molecule has 1 aliphatic carbocycles. The van der Waals surface area contributed by atoms with E-state index in [-0.39, 0.29) is 6.04 Å². The molecule has 0 fully saturated rings. The lowest BCUT2D eigenvalue weighted by atomic mass is 9.92. The van der Waals surface area contributed by atoms with Crippen LogP contribution in [-0.2, 0) is 6.42 Å². The van der Waals surface area contributed by atoms with E-state index in [1.165, 1.54) is 11.1 Å². The molecule has 14 heavy (non-hydrogen) atoms. The SMILES string of the molecule is CC(C)n1cc2c(c1Cl)CCCC2N. The van der Waals surface area contributed by atoms with Crippen molar-refractivity contribution in [2.75, 3.05) is 0 Å². The van der Waals surface area contributed by atoms with Gasteiger partial charge in [0.05, 0.1) is 0 Å². The van der Waals surface area contributed by atoms with Crippen LogP contribution < -0.4 is 5.73 Å². The van der Waals surface area contributed by atoms with Crippen LogP contribution in [0.1, 0.15) is 49.9 Å². The third-order valence-electron chi connectivity index (χ3n) is 3.00. The molecule has 2 N–H and O–H groups in total. The fourth-order valence-electron chi connectivity index (χ4n) is 2.16. The van der Waals surface area contributed by atoms with Gasteiger partial charge in [-0.2, -0.15) is 0 Å². The minimum atomic E-state index is 0.191. The molecular formula is C11H17ClN2. The zero-order valence-electron chi connectivity index (χ0n) is 8.76. The van der Waals surface area contributed by atoms with Gasteiger partial charge in [-0.1, -0.05) is 11.6 Å². The van der Waals surface area contributed by atoms with Crippen molar-refractivity contribution in [1.82, 2.24) is 4.57 Å². The van der Waals surface area contributed by atoms with E-state index in [2.05, 4.69) is 24.6 Å². The molecule has 1 aromatic heterocycles. The van der Waals surface area contributed by atoms with E-state index in [1.54, 1.807) is 0 Å². The Morgan fingerprint density at radius 1 is 1.57 bits per heavy atom. The topological polar surface area (TPSA) is 30.9 Å². The van der Waals surface area contributed by atoms with Gasteiger partial charge >= 0.3 is 0 Å². The maximum absolute atomic E-state index is 6.31. The summed E-state index contributed by atoms with van der Waals surface area (Å²) in [6.45, 7) is 4.28. The van der Waals surface area contributed by atoms with Gasteiger partial charge in [0.15, 0.2) is 0 Å². The van der Waals surface area contributed by atoms with E-state index < -0.39 is 0 Å². The summed E-state index contributed by atoms with van der Waals surface area (Å²) in [6.07, 6.45) is 5.47. The number of aromatic nitrogens is 1. The Bertz CT molecular complexity index is 341. The lowest BCUT2D eigenvalue weighted by Gasteiger charge is -2.17. The van der Waals surface area contributed by atoms with Crippen LogP contribution in [0.2, 0.25) is 5.15 Å². The molecule has 1 aliphatic rings. The number of nitrogens with zero attached hydrogens (tertiary/aromatic N) is 1. The fourth-order valence-corrected chi connectivity index (χ4v) is 2.60. The number of rotatable bonds is 1. The second-order valence-electron chi connectivity index (χ2n) is 4.35. The minimum absolute atomic E-state index is 0.191. The predicted octanol–water partition coefficient (Wildman–Crippen LogP) is 3.06. The van der Waals surface area contributed by atoms with Crippen LogP contribution in [0.5, 0.6) is 0 Å². The largest absolute Gasteiger partial charge is 0.336 e. The smallest absolute Gasteiger partial charge is 0.112 e. The van der Waals surface area contributed by atoms with Crippen molar-refractivity contribution in [1.29, 1.82) is 0 Å². The summed E-state index contributed by atoms with van der Waals surface area (Å²) >= 11 is 6.31. The van der Waals surface area contributed by atoms with Crippen LogP contribution in [0, 0.1) is 0 Å². The summed E-state index contributed by atoms with van der Waals surface area (Å²) in [6, 6.07) is 0.608. The Labute approximate surface area is 90.0 Å². The van der Waals surface area contributed by atoms with Crippen LogP contribution in [0.4, 0.5) is 0 Å². The molecule has 1 unspecified atom stereocenters. The molecule has 0 saturated heterocycles. The lowest BCUT2D eigenvalue weighted by molar-refractivity contribution is 0.572. The van der Waals surface area contributed by atoms with E-state index >= 15 is 0 Å².